The van der Waals surface area contributed by atoms with E-state index in [2.05, 4.69) is 4.98 Å². The van der Waals surface area contributed by atoms with Crippen molar-refractivity contribution in [2.45, 2.75) is 12.3 Å². The zero-order chi connectivity index (χ0) is 12.6. The molecule has 5 heteroatoms. The number of aliphatic hydroxyl groups is 2. The molecule has 92 valence electrons. The number of nitrogens with zero attached hydrogens (tertiary/aromatic N) is 1. The molecule has 1 aromatic carbocycles. The van der Waals surface area contributed by atoms with Gasteiger partial charge in [0, 0.05) is 23.5 Å². The zero-order valence-corrected chi connectivity index (χ0v) is 9.81. The van der Waals surface area contributed by atoms with Gasteiger partial charge in [0.2, 0.25) is 5.91 Å². The second-order valence-electron chi connectivity index (χ2n) is 4.36. The molecule has 0 aliphatic rings. The van der Waals surface area contributed by atoms with E-state index in [0.717, 1.165) is 5.52 Å². The average molecular weight is 236 g/mol. The molecule has 1 heterocycles. The Morgan fingerprint density at radius 2 is 2.00 bits per heavy atom. The Bertz CT molecular complexity index is 532. The lowest BCUT2D eigenvalue weighted by Crippen LogP contribution is -2.45. The minimum atomic E-state index is -1.93. The summed E-state index contributed by atoms with van der Waals surface area (Å²) < 4.78 is 0. The summed E-state index contributed by atoms with van der Waals surface area (Å²) in [7, 11) is 3.16. The topological polar surface area (TPSA) is 79.7 Å². The number of likely N-dealkylation sites (N-methyl/N-ethyl adjacent to an activating group) is 1. The summed E-state index contributed by atoms with van der Waals surface area (Å²) in [6.07, 6.45) is 1.69. The van der Waals surface area contributed by atoms with E-state index in [4.69, 9.17) is 0 Å². The second kappa shape index (κ2) is 4.03. The summed E-state index contributed by atoms with van der Waals surface area (Å²) in [5.41, 5.74) is 1.44. The molecule has 0 saturated heterocycles. The van der Waals surface area contributed by atoms with Gasteiger partial charge in [-0.15, -0.1) is 0 Å². The molecule has 0 fully saturated rings. The number of rotatable bonds is 3. The summed E-state index contributed by atoms with van der Waals surface area (Å²) in [5.74, 6) is -1.80. The van der Waals surface area contributed by atoms with Crippen molar-refractivity contribution in [2.24, 2.45) is 0 Å². The Balaban J connectivity index is 2.44. The normalized spacial score (nSPS) is 12.5. The summed E-state index contributed by atoms with van der Waals surface area (Å²) in [5, 5.41) is 30.0. The van der Waals surface area contributed by atoms with Gasteiger partial charge in [-0.1, -0.05) is 6.07 Å². The van der Waals surface area contributed by atoms with Crippen LogP contribution in [0.25, 0.3) is 10.9 Å². The van der Waals surface area contributed by atoms with Gasteiger partial charge >= 0.3 is 0 Å². The number of fused-ring (bicyclic) bond motifs is 1. The lowest BCUT2D eigenvalue weighted by molar-refractivity contribution is -0.247. The summed E-state index contributed by atoms with van der Waals surface area (Å²) in [4.78, 5) is 4.30. The van der Waals surface area contributed by atoms with E-state index in [1.807, 2.05) is 6.07 Å². The first-order chi connectivity index (χ1) is 7.92. The third kappa shape index (κ3) is 2.12. The number of hydrogen-bond donors (Lipinski definition) is 4. The summed E-state index contributed by atoms with van der Waals surface area (Å²) in [6, 6.07) is 5.13. The molecule has 17 heavy (non-hydrogen) atoms. The van der Waals surface area contributed by atoms with E-state index in [9.17, 15) is 15.3 Å². The van der Waals surface area contributed by atoms with Crippen LogP contribution in [0.2, 0.25) is 0 Å². The van der Waals surface area contributed by atoms with Gasteiger partial charge in [-0.05, 0) is 31.8 Å². The smallest absolute Gasteiger partial charge is 0.228 e. The fourth-order valence-corrected chi connectivity index (χ4v) is 1.79. The Kier molecular flexibility index (Phi) is 2.82. The predicted molar refractivity (Wildman–Crippen MR) is 64.5 cm³/mol. The minimum absolute atomic E-state index is 0.0115. The predicted octanol–water partition coefficient (Wildman–Crippen LogP) is 0.616. The molecule has 2 rings (SSSR count). The quantitative estimate of drug-likeness (QED) is 0.589. The van der Waals surface area contributed by atoms with Crippen LogP contribution in [0.1, 0.15) is 5.56 Å². The molecule has 0 unspecified atom stereocenters. The molecule has 0 amide bonds. The van der Waals surface area contributed by atoms with E-state index in [-0.39, 0.29) is 12.2 Å². The van der Waals surface area contributed by atoms with Crippen LogP contribution in [0.5, 0.6) is 5.75 Å². The van der Waals surface area contributed by atoms with Gasteiger partial charge < -0.3 is 20.3 Å². The number of phenols is 1. The van der Waals surface area contributed by atoms with Crippen LogP contribution < -0.4 is 0 Å². The zero-order valence-electron chi connectivity index (χ0n) is 9.81. The first-order valence-electron chi connectivity index (χ1n) is 5.32. The lowest BCUT2D eigenvalue weighted by Gasteiger charge is -2.28. The van der Waals surface area contributed by atoms with Crippen molar-refractivity contribution in [2.75, 3.05) is 14.1 Å². The van der Waals surface area contributed by atoms with Crippen LogP contribution in [-0.2, 0) is 6.42 Å². The molecule has 5 nitrogen and oxygen atoms in total. The Morgan fingerprint density at radius 1 is 1.29 bits per heavy atom. The maximum absolute atomic E-state index is 9.80. The molecule has 2 aromatic rings. The molecule has 0 spiro atoms. The number of hydrogen-bond acceptors (Lipinski definition) is 4. The van der Waals surface area contributed by atoms with Crippen LogP contribution >= 0.6 is 0 Å². The molecule has 0 aliphatic heterocycles. The fourth-order valence-electron chi connectivity index (χ4n) is 1.79. The molecular formula is C12H16N2O3. The number of aromatic amines is 1. The van der Waals surface area contributed by atoms with Crippen molar-refractivity contribution in [1.29, 1.82) is 0 Å². The van der Waals surface area contributed by atoms with Gasteiger partial charge in [-0.25, -0.2) is 0 Å². The van der Waals surface area contributed by atoms with Crippen LogP contribution in [0.4, 0.5) is 0 Å². The molecule has 0 aliphatic carbocycles. The lowest BCUT2D eigenvalue weighted by atomic mass is 10.1. The summed E-state index contributed by atoms with van der Waals surface area (Å²) >= 11 is 0. The van der Waals surface area contributed by atoms with Crippen molar-refractivity contribution < 1.29 is 15.3 Å². The van der Waals surface area contributed by atoms with E-state index in [1.54, 1.807) is 32.4 Å². The van der Waals surface area contributed by atoms with Gasteiger partial charge in [-0.2, -0.15) is 0 Å². The first-order valence-corrected chi connectivity index (χ1v) is 5.32. The minimum Gasteiger partial charge on any atom is -0.507 e. The SMILES string of the molecule is CN(C)C(O)(O)Cc1c[nH]c2cccc(O)c12. The molecular weight excluding hydrogens is 220 g/mol. The van der Waals surface area contributed by atoms with Crippen LogP contribution in [0, 0.1) is 0 Å². The van der Waals surface area contributed by atoms with Gasteiger partial charge in [0.25, 0.3) is 0 Å². The molecule has 0 bridgehead atoms. The van der Waals surface area contributed by atoms with E-state index < -0.39 is 5.91 Å². The molecule has 1 aromatic heterocycles. The molecule has 4 N–H and O–H groups in total. The van der Waals surface area contributed by atoms with Crippen molar-refractivity contribution in [3.05, 3.63) is 30.0 Å². The standard InChI is InChI=1S/C12H16N2O3/c1-14(2)12(16,17)6-8-7-13-9-4-3-5-10(15)11(8)9/h3-5,7,13,15-17H,6H2,1-2H3. The fraction of sp³-hybridized carbons (Fsp3) is 0.333. The highest BCUT2D eigenvalue weighted by Gasteiger charge is 2.28. The first kappa shape index (κ1) is 11.9. The third-order valence-corrected chi connectivity index (χ3v) is 2.91. The molecule has 0 radical (unpaired) electrons. The van der Waals surface area contributed by atoms with Gasteiger partial charge in [-0.3, -0.25) is 4.90 Å². The molecule has 0 saturated carbocycles. The number of aromatic nitrogens is 1. The Morgan fingerprint density at radius 3 is 2.65 bits per heavy atom. The number of aromatic hydroxyl groups is 1. The van der Waals surface area contributed by atoms with E-state index in [1.165, 1.54) is 4.90 Å². The highest BCUT2D eigenvalue weighted by Crippen LogP contribution is 2.29. The average Bonchev–Trinajstić information content (AvgIpc) is 2.62. The monoisotopic (exact) mass is 236 g/mol. The molecule has 0 atom stereocenters. The van der Waals surface area contributed by atoms with Gasteiger partial charge in [0.1, 0.15) is 5.75 Å². The third-order valence-electron chi connectivity index (χ3n) is 2.91. The summed E-state index contributed by atoms with van der Waals surface area (Å²) in [6.45, 7) is 0. The highest BCUT2D eigenvalue weighted by molar-refractivity contribution is 5.89. The van der Waals surface area contributed by atoms with Crippen LogP contribution in [0.15, 0.2) is 24.4 Å². The van der Waals surface area contributed by atoms with E-state index >= 15 is 0 Å². The maximum Gasteiger partial charge on any atom is 0.228 e. The van der Waals surface area contributed by atoms with Gasteiger partial charge in [0.05, 0.1) is 0 Å². The van der Waals surface area contributed by atoms with Gasteiger partial charge in [0.15, 0.2) is 0 Å². The maximum atomic E-state index is 9.80. The number of H-pyrrole nitrogens is 1. The van der Waals surface area contributed by atoms with E-state index in [0.29, 0.717) is 10.9 Å². The number of benzene rings is 1. The Hall–Kier alpha value is -1.56. The number of phenolic OH excluding ortho intramolecular Hbond substituents is 1. The van der Waals surface area contributed by atoms with Crippen molar-refractivity contribution in [1.82, 2.24) is 9.88 Å². The number of nitrogens with one attached hydrogen (secondary N) is 1. The highest BCUT2D eigenvalue weighted by atomic mass is 16.5. The van der Waals surface area contributed by atoms with Crippen LogP contribution in [0.3, 0.4) is 0 Å². The second-order valence-corrected chi connectivity index (χ2v) is 4.36. The van der Waals surface area contributed by atoms with Crippen molar-refractivity contribution in [3.8, 4) is 5.75 Å². The van der Waals surface area contributed by atoms with Crippen molar-refractivity contribution >= 4 is 10.9 Å². The van der Waals surface area contributed by atoms with Crippen LogP contribution in [-0.4, -0.2) is 45.2 Å². The largest absolute Gasteiger partial charge is 0.507 e. The Labute approximate surface area is 98.9 Å². The van der Waals surface area contributed by atoms with Crippen molar-refractivity contribution in [3.63, 3.8) is 0 Å².